The fraction of sp³-hybridized carbons (Fsp3) is 0.529. The topological polar surface area (TPSA) is 58.6 Å². The molecule has 1 unspecified atom stereocenters. The fourth-order valence-electron chi connectivity index (χ4n) is 3.55. The van der Waals surface area contributed by atoms with Gasteiger partial charge >= 0.3 is 0 Å². The van der Waals surface area contributed by atoms with Crippen LogP contribution < -0.4 is 10.1 Å². The van der Waals surface area contributed by atoms with Crippen molar-refractivity contribution >= 4 is 11.8 Å². The highest BCUT2D eigenvalue weighted by Gasteiger charge is 2.55. The molecular formula is C17H20F2N2O3. The van der Waals surface area contributed by atoms with E-state index in [0.717, 1.165) is 4.90 Å². The van der Waals surface area contributed by atoms with Crippen LogP contribution in [0.2, 0.25) is 0 Å². The van der Waals surface area contributed by atoms with E-state index in [1.165, 1.54) is 0 Å². The highest BCUT2D eigenvalue weighted by molar-refractivity contribution is 5.95. The standard InChI is InChI=1S/C17H20F2N2O3/c1-2-24-13-5-3-4-12(8-13)14(22)21-10-16(6-7-20-15(16)23)9-17(18,19)11-21/h3-5,8H,2,6-7,9-11H2,1H3,(H,20,23). The predicted octanol–water partition coefficient (Wildman–Crippen LogP) is 2.07. The number of piperidine rings is 1. The largest absolute Gasteiger partial charge is 0.494 e. The zero-order valence-electron chi connectivity index (χ0n) is 13.5. The highest BCUT2D eigenvalue weighted by Crippen LogP contribution is 2.43. The molecule has 0 saturated carbocycles. The van der Waals surface area contributed by atoms with Crippen LogP contribution in [0.1, 0.15) is 30.1 Å². The van der Waals surface area contributed by atoms with Crippen LogP contribution in [0.4, 0.5) is 8.78 Å². The number of alkyl halides is 2. The summed E-state index contributed by atoms with van der Waals surface area (Å²) in [6, 6.07) is 6.47. The number of nitrogens with one attached hydrogen (secondary N) is 1. The Morgan fingerprint density at radius 1 is 1.38 bits per heavy atom. The van der Waals surface area contributed by atoms with Gasteiger partial charge in [0.15, 0.2) is 0 Å². The summed E-state index contributed by atoms with van der Waals surface area (Å²) in [5.41, 5.74) is -0.901. The monoisotopic (exact) mass is 338 g/mol. The van der Waals surface area contributed by atoms with E-state index in [2.05, 4.69) is 5.32 Å². The highest BCUT2D eigenvalue weighted by atomic mass is 19.3. The lowest BCUT2D eigenvalue weighted by molar-refractivity contribution is -0.144. The van der Waals surface area contributed by atoms with Gasteiger partial charge in [0.2, 0.25) is 5.91 Å². The summed E-state index contributed by atoms with van der Waals surface area (Å²) >= 11 is 0. The number of carbonyl (C=O) groups is 2. The van der Waals surface area contributed by atoms with E-state index < -0.39 is 30.2 Å². The number of benzene rings is 1. The Bertz CT molecular complexity index is 665. The molecule has 2 amide bonds. The molecule has 24 heavy (non-hydrogen) atoms. The van der Waals surface area contributed by atoms with E-state index in [1.54, 1.807) is 24.3 Å². The number of rotatable bonds is 3. The van der Waals surface area contributed by atoms with Crippen LogP contribution in [0, 0.1) is 5.41 Å². The van der Waals surface area contributed by atoms with Crippen LogP contribution in [0.5, 0.6) is 5.75 Å². The number of hydrogen-bond acceptors (Lipinski definition) is 3. The number of amides is 2. The maximum atomic E-state index is 14.2. The zero-order valence-corrected chi connectivity index (χ0v) is 13.5. The van der Waals surface area contributed by atoms with Crippen molar-refractivity contribution in [2.45, 2.75) is 25.7 Å². The second-order valence-electron chi connectivity index (χ2n) is 6.44. The number of nitrogens with zero attached hydrogens (tertiary/aromatic N) is 1. The van der Waals surface area contributed by atoms with Crippen molar-refractivity contribution in [2.75, 3.05) is 26.2 Å². The lowest BCUT2D eigenvalue weighted by Crippen LogP contribution is -2.56. The summed E-state index contributed by atoms with van der Waals surface area (Å²) in [6.07, 6.45) is -0.182. The zero-order chi connectivity index (χ0) is 17.4. The average Bonchev–Trinajstić information content (AvgIpc) is 2.85. The second kappa shape index (κ2) is 6.03. The van der Waals surface area contributed by atoms with E-state index >= 15 is 0 Å². The first-order chi connectivity index (χ1) is 11.4. The molecule has 2 fully saturated rings. The van der Waals surface area contributed by atoms with Crippen molar-refractivity contribution in [2.24, 2.45) is 5.41 Å². The van der Waals surface area contributed by atoms with Crippen molar-refractivity contribution in [1.82, 2.24) is 10.2 Å². The van der Waals surface area contributed by atoms with Crippen molar-refractivity contribution in [3.05, 3.63) is 29.8 Å². The normalized spacial score (nSPS) is 25.6. The van der Waals surface area contributed by atoms with Gasteiger partial charge in [-0.2, -0.15) is 0 Å². The molecule has 0 aliphatic carbocycles. The second-order valence-corrected chi connectivity index (χ2v) is 6.44. The Morgan fingerprint density at radius 2 is 2.17 bits per heavy atom. The number of ether oxygens (including phenoxy) is 1. The number of hydrogen-bond donors (Lipinski definition) is 1. The van der Waals surface area contributed by atoms with Gasteiger partial charge in [-0.25, -0.2) is 8.78 Å². The first-order valence-corrected chi connectivity index (χ1v) is 8.03. The van der Waals surface area contributed by atoms with Gasteiger partial charge in [-0.05, 0) is 31.5 Å². The number of halogens is 2. The first kappa shape index (κ1) is 16.7. The van der Waals surface area contributed by atoms with E-state index in [0.29, 0.717) is 25.3 Å². The predicted molar refractivity (Wildman–Crippen MR) is 83.1 cm³/mol. The van der Waals surface area contributed by atoms with Crippen LogP contribution in [0.3, 0.4) is 0 Å². The van der Waals surface area contributed by atoms with Crippen LogP contribution >= 0.6 is 0 Å². The van der Waals surface area contributed by atoms with Gasteiger partial charge in [0.05, 0.1) is 18.6 Å². The van der Waals surface area contributed by atoms with E-state index in [1.807, 2.05) is 6.92 Å². The molecule has 5 nitrogen and oxygen atoms in total. The molecule has 7 heteroatoms. The maximum Gasteiger partial charge on any atom is 0.266 e. The third-order valence-electron chi connectivity index (χ3n) is 4.56. The van der Waals surface area contributed by atoms with Crippen molar-refractivity contribution in [3.63, 3.8) is 0 Å². The van der Waals surface area contributed by atoms with E-state index in [-0.39, 0.29) is 18.0 Å². The molecule has 2 aliphatic heterocycles. The fourth-order valence-corrected chi connectivity index (χ4v) is 3.55. The Morgan fingerprint density at radius 3 is 2.83 bits per heavy atom. The molecule has 3 rings (SSSR count). The van der Waals surface area contributed by atoms with Crippen molar-refractivity contribution < 1.29 is 23.1 Å². The summed E-state index contributed by atoms with van der Waals surface area (Å²) in [7, 11) is 0. The van der Waals surface area contributed by atoms with Crippen molar-refractivity contribution in [3.8, 4) is 5.75 Å². The third-order valence-corrected chi connectivity index (χ3v) is 4.56. The SMILES string of the molecule is CCOc1cccc(C(=O)N2CC(F)(F)CC3(CCNC3=O)C2)c1. The molecule has 1 aromatic carbocycles. The lowest BCUT2D eigenvalue weighted by atomic mass is 9.77. The first-order valence-electron chi connectivity index (χ1n) is 8.03. The Balaban J connectivity index is 1.86. The Kier molecular flexibility index (Phi) is 4.19. The smallest absolute Gasteiger partial charge is 0.266 e. The molecule has 1 N–H and O–H groups in total. The molecule has 1 aromatic rings. The van der Waals surface area contributed by atoms with Gasteiger partial charge in [0, 0.05) is 25.1 Å². The molecule has 1 atom stereocenters. The average molecular weight is 338 g/mol. The summed E-state index contributed by atoms with van der Waals surface area (Å²) in [6.45, 7) is 1.99. The minimum absolute atomic E-state index is 0.0200. The van der Waals surface area contributed by atoms with Gasteiger partial charge in [-0.15, -0.1) is 0 Å². The molecule has 2 saturated heterocycles. The lowest BCUT2D eigenvalue weighted by Gasteiger charge is -2.42. The molecule has 0 radical (unpaired) electrons. The molecular weight excluding hydrogens is 318 g/mol. The minimum atomic E-state index is -3.08. The maximum absolute atomic E-state index is 14.2. The van der Waals surface area contributed by atoms with Gasteiger partial charge in [0.1, 0.15) is 5.75 Å². The van der Waals surface area contributed by atoms with Crippen LogP contribution in [0.25, 0.3) is 0 Å². The van der Waals surface area contributed by atoms with Gasteiger partial charge in [-0.1, -0.05) is 6.07 Å². The molecule has 1 spiro atoms. The van der Waals surface area contributed by atoms with Crippen LogP contribution in [-0.2, 0) is 4.79 Å². The molecule has 0 aromatic heterocycles. The third kappa shape index (κ3) is 3.07. The molecule has 2 aliphatic rings. The molecule has 130 valence electrons. The van der Waals surface area contributed by atoms with E-state index in [4.69, 9.17) is 4.74 Å². The number of likely N-dealkylation sites (tertiary alicyclic amines) is 1. The Hall–Kier alpha value is -2.18. The van der Waals surface area contributed by atoms with Gasteiger partial charge < -0.3 is 15.0 Å². The van der Waals surface area contributed by atoms with E-state index in [9.17, 15) is 18.4 Å². The minimum Gasteiger partial charge on any atom is -0.494 e. The van der Waals surface area contributed by atoms with Crippen LogP contribution in [-0.4, -0.2) is 48.9 Å². The summed E-state index contributed by atoms with van der Waals surface area (Å²) < 4.78 is 33.8. The van der Waals surface area contributed by atoms with Gasteiger partial charge in [-0.3, -0.25) is 9.59 Å². The quantitative estimate of drug-likeness (QED) is 0.918. The summed E-state index contributed by atoms with van der Waals surface area (Å²) in [4.78, 5) is 25.9. The summed E-state index contributed by atoms with van der Waals surface area (Å²) in [5, 5.41) is 2.61. The molecule has 2 heterocycles. The van der Waals surface area contributed by atoms with Crippen LogP contribution in [0.15, 0.2) is 24.3 Å². The van der Waals surface area contributed by atoms with Gasteiger partial charge in [0.25, 0.3) is 11.8 Å². The summed E-state index contributed by atoms with van der Waals surface area (Å²) in [5.74, 6) is -3.45. The van der Waals surface area contributed by atoms with Crippen molar-refractivity contribution in [1.29, 1.82) is 0 Å². The number of carbonyl (C=O) groups excluding carboxylic acids is 2. The molecule has 0 bridgehead atoms. The Labute approximate surface area is 139 Å².